The molecule has 1 aromatic heterocycles. The number of rotatable bonds is 4. The topological polar surface area (TPSA) is 89.3 Å². The Hall–Kier alpha value is -2.31. The molecule has 0 atom stereocenters. The van der Waals surface area contributed by atoms with Crippen molar-refractivity contribution in [2.24, 2.45) is 5.84 Å². The van der Waals surface area contributed by atoms with Gasteiger partial charge in [0.25, 0.3) is 5.91 Å². The maximum atomic E-state index is 12.3. The van der Waals surface area contributed by atoms with E-state index in [2.05, 4.69) is 15.7 Å². The van der Waals surface area contributed by atoms with Gasteiger partial charge in [-0.25, -0.2) is 0 Å². The minimum Gasteiger partial charge on any atom is -0.497 e. The summed E-state index contributed by atoms with van der Waals surface area (Å²) in [4.78, 5) is 16.4. The lowest BCUT2D eigenvalue weighted by Crippen LogP contribution is -2.18. The summed E-state index contributed by atoms with van der Waals surface area (Å²) >= 11 is 6.06. The lowest BCUT2D eigenvalue weighted by Gasteiger charge is -2.12. The van der Waals surface area contributed by atoms with Crippen molar-refractivity contribution in [3.8, 4) is 5.75 Å². The molecule has 0 unspecified atom stereocenters. The number of amides is 1. The van der Waals surface area contributed by atoms with Crippen LogP contribution in [0.25, 0.3) is 0 Å². The highest BCUT2D eigenvalue weighted by Crippen LogP contribution is 2.27. The Balaban J connectivity index is 2.30. The Morgan fingerprint density at radius 2 is 2.10 bits per heavy atom. The van der Waals surface area contributed by atoms with Gasteiger partial charge in [-0.1, -0.05) is 11.6 Å². The number of carbonyl (C=O) groups excluding carboxylic acids is 1. The zero-order chi connectivity index (χ0) is 15.4. The van der Waals surface area contributed by atoms with E-state index in [0.29, 0.717) is 27.7 Å². The van der Waals surface area contributed by atoms with Crippen molar-refractivity contribution in [2.75, 3.05) is 17.9 Å². The van der Waals surface area contributed by atoms with E-state index in [0.717, 1.165) is 5.69 Å². The molecule has 1 amide bonds. The summed E-state index contributed by atoms with van der Waals surface area (Å²) in [5, 5.41) is 3.12. The van der Waals surface area contributed by atoms with E-state index in [9.17, 15) is 4.79 Å². The number of carbonyl (C=O) groups is 1. The Morgan fingerprint density at radius 1 is 1.33 bits per heavy atom. The Morgan fingerprint density at radius 3 is 2.76 bits per heavy atom. The summed E-state index contributed by atoms with van der Waals surface area (Å²) in [7, 11) is 1.54. The second-order valence-electron chi connectivity index (χ2n) is 4.32. The molecule has 110 valence electrons. The minimum absolute atomic E-state index is 0.321. The zero-order valence-electron chi connectivity index (χ0n) is 11.6. The molecule has 21 heavy (non-hydrogen) atoms. The molecular formula is C14H15ClN4O2. The van der Waals surface area contributed by atoms with E-state index < -0.39 is 0 Å². The van der Waals surface area contributed by atoms with Crippen LogP contribution in [-0.2, 0) is 0 Å². The lowest BCUT2D eigenvalue weighted by atomic mass is 10.2. The molecule has 0 fully saturated rings. The molecule has 4 N–H and O–H groups in total. The van der Waals surface area contributed by atoms with Gasteiger partial charge in [-0.2, -0.15) is 0 Å². The lowest BCUT2D eigenvalue weighted by molar-refractivity contribution is 0.102. The van der Waals surface area contributed by atoms with E-state index in [1.165, 1.54) is 13.3 Å². The molecular weight excluding hydrogens is 292 g/mol. The molecule has 0 saturated heterocycles. The zero-order valence-corrected chi connectivity index (χ0v) is 12.4. The molecule has 1 aromatic carbocycles. The monoisotopic (exact) mass is 306 g/mol. The smallest absolute Gasteiger partial charge is 0.259 e. The number of hydrogen-bond donors (Lipinski definition) is 3. The van der Waals surface area contributed by atoms with Gasteiger partial charge in [-0.05, 0) is 25.1 Å². The first kappa shape index (κ1) is 15.1. The standard InChI is InChI=1S/C14H15ClN4O2/c1-8-5-12(19-16)10(7-17-8)14(20)18-13-6-9(21-2)3-4-11(13)15/h3-7H,16H2,1-2H3,(H,17,19)(H,18,20). The molecule has 0 aliphatic rings. The van der Waals surface area contributed by atoms with E-state index in [4.69, 9.17) is 22.2 Å². The third-order valence-corrected chi connectivity index (χ3v) is 3.19. The molecule has 0 spiro atoms. The molecule has 0 radical (unpaired) electrons. The summed E-state index contributed by atoms with van der Waals surface area (Å²) in [6, 6.07) is 6.67. The number of halogens is 1. The maximum Gasteiger partial charge on any atom is 0.259 e. The molecule has 7 heteroatoms. The fraction of sp³-hybridized carbons (Fsp3) is 0.143. The van der Waals surface area contributed by atoms with Crippen molar-refractivity contribution in [3.63, 3.8) is 0 Å². The van der Waals surface area contributed by atoms with Crippen LogP contribution in [0.3, 0.4) is 0 Å². The van der Waals surface area contributed by atoms with Crippen LogP contribution in [0.5, 0.6) is 5.75 Å². The van der Waals surface area contributed by atoms with Gasteiger partial charge in [0.15, 0.2) is 0 Å². The fourth-order valence-electron chi connectivity index (χ4n) is 1.78. The van der Waals surface area contributed by atoms with Crippen LogP contribution in [0, 0.1) is 6.92 Å². The molecule has 2 aromatic rings. The number of hydrogen-bond acceptors (Lipinski definition) is 5. The van der Waals surface area contributed by atoms with Crippen molar-refractivity contribution in [3.05, 3.63) is 46.7 Å². The van der Waals surface area contributed by atoms with Crippen molar-refractivity contribution in [1.82, 2.24) is 4.98 Å². The Labute approximate surface area is 127 Å². The van der Waals surface area contributed by atoms with Crippen LogP contribution in [-0.4, -0.2) is 18.0 Å². The number of ether oxygens (including phenoxy) is 1. The largest absolute Gasteiger partial charge is 0.497 e. The SMILES string of the molecule is COc1ccc(Cl)c(NC(=O)c2cnc(C)cc2NN)c1. The van der Waals surface area contributed by atoms with Crippen LogP contribution in [0.1, 0.15) is 16.1 Å². The number of nitrogen functional groups attached to an aromatic ring is 1. The summed E-state index contributed by atoms with van der Waals surface area (Å²) in [6.07, 6.45) is 1.45. The highest BCUT2D eigenvalue weighted by atomic mass is 35.5. The van der Waals surface area contributed by atoms with E-state index in [1.54, 1.807) is 31.2 Å². The van der Waals surface area contributed by atoms with Crippen LogP contribution >= 0.6 is 11.6 Å². The van der Waals surface area contributed by atoms with E-state index >= 15 is 0 Å². The number of nitrogens with one attached hydrogen (secondary N) is 2. The first-order valence-electron chi connectivity index (χ1n) is 6.13. The number of aryl methyl sites for hydroxylation is 1. The predicted octanol–water partition coefficient (Wildman–Crippen LogP) is 2.59. The van der Waals surface area contributed by atoms with E-state index in [1.807, 2.05) is 0 Å². The fourth-order valence-corrected chi connectivity index (χ4v) is 1.94. The quantitative estimate of drug-likeness (QED) is 0.597. The number of nitrogens with zero attached hydrogens (tertiary/aromatic N) is 1. The minimum atomic E-state index is -0.370. The summed E-state index contributed by atoms with van der Waals surface area (Å²) < 4.78 is 5.10. The van der Waals surface area contributed by atoms with Gasteiger partial charge in [-0.15, -0.1) is 0 Å². The third-order valence-electron chi connectivity index (χ3n) is 2.86. The predicted molar refractivity (Wildman–Crippen MR) is 82.7 cm³/mol. The number of hydrazine groups is 1. The van der Waals surface area contributed by atoms with Gasteiger partial charge < -0.3 is 15.5 Å². The first-order valence-corrected chi connectivity index (χ1v) is 6.51. The van der Waals surface area contributed by atoms with Crippen LogP contribution in [0.2, 0.25) is 5.02 Å². The van der Waals surface area contributed by atoms with Gasteiger partial charge in [0.2, 0.25) is 0 Å². The van der Waals surface area contributed by atoms with Gasteiger partial charge in [0.05, 0.1) is 29.1 Å². The molecule has 0 aliphatic heterocycles. The van der Waals surface area contributed by atoms with Crippen molar-refractivity contribution in [2.45, 2.75) is 6.92 Å². The van der Waals surface area contributed by atoms with E-state index in [-0.39, 0.29) is 5.91 Å². The number of benzene rings is 1. The molecule has 0 aliphatic carbocycles. The van der Waals surface area contributed by atoms with Crippen LogP contribution in [0.4, 0.5) is 11.4 Å². The number of methoxy groups -OCH3 is 1. The maximum absolute atomic E-state index is 12.3. The molecule has 6 nitrogen and oxygen atoms in total. The number of nitrogens with two attached hydrogens (primary N) is 1. The second kappa shape index (κ2) is 6.43. The number of aromatic nitrogens is 1. The average Bonchev–Trinajstić information content (AvgIpc) is 2.49. The van der Waals surface area contributed by atoms with Crippen LogP contribution < -0.4 is 21.3 Å². The van der Waals surface area contributed by atoms with Crippen molar-refractivity contribution in [1.29, 1.82) is 0 Å². The summed E-state index contributed by atoms with van der Waals surface area (Å²) in [5.74, 6) is 5.64. The highest BCUT2D eigenvalue weighted by Gasteiger charge is 2.14. The Bertz CT molecular complexity index is 676. The molecule has 2 rings (SSSR count). The van der Waals surface area contributed by atoms with Crippen molar-refractivity contribution < 1.29 is 9.53 Å². The van der Waals surface area contributed by atoms with Gasteiger partial charge in [0.1, 0.15) is 5.75 Å². The normalized spacial score (nSPS) is 10.1. The van der Waals surface area contributed by atoms with Crippen molar-refractivity contribution >= 4 is 28.9 Å². The second-order valence-corrected chi connectivity index (χ2v) is 4.72. The average molecular weight is 307 g/mol. The van der Waals surface area contributed by atoms with Gasteiger partial charge in [0, 0.05) is 18.0 Å². The molecule has 0 saturated carbocycles. The third kappa shape index (κ3) is 3.42. The number of pyridine rings is 1. The highest BCUT2D eigenvalue weighted by molar-refractivity contribution is 6.34. The Kier molecular flexibility index (Phi) is 4.62. The molecule has 1 heterocycles. The summed E-state index contributed by atoms with van der Waals surface area (Å²) in [5.41, 5.74) is 4.49. The van der Waals surface area contributed by atoms with Gasteiger partial charge in [-0.3, -0.25) is 15.6 Å². The first-order chi connectivity index (χ1) is 10.0. The summed E-state index contributed by atoms with van der Waals surface area (Å²) in [6.45, 7) is 1.81. The molecule has 0 bridgehead atoms. The van der Waals surface area contributed by atoms with Gasteiger partial charge >= 0.3 is 0 Å². The van der Waals surface area contributed by atoms with Crippen LogP contribution in [0.15, 0.2) is 30.5 Å². The number of anilines is 2.